The predicted molar refractivity (Wildman–Crippen MR) is 84.6 cm³/mol. The van der Waals surface area contributed by atoms with Crippen LogP contribution in [0.15, 0.2) is 28.7 Å². The van der Waals surface area contributed by atoms with E-state index in [1.165, 1.54) is 14.0 Å². The van der Waals surface area contributed by atoms with Crippen molar-refractivity contribution in [3.8, 4) is 5.75 Å². The van der Waals surface area contributed by atoms with Gasteiger partial charge >= 0.3 is 5.97 Å². The molecule has 0 saturated heterocycles. The number of amides is 1. The molecule has 2 aromatic rings. The summed E-state index contributed by atoms with van der Waals surface area (Å²) in [6, 6.07) is 7.20. The molecule has 122 valence electrons. The molecule has 1 aromatic carbocycles. The maximum absolute atomic E-state index is 11.5. The summed E-state index contributed by atoms with van der Waals surface area (Å²) in [7, 11) is 1.30. The number of esters is 1. The van der Waals surface area contributed by atoms with Gasteiger partial charge in [-0.1, -0.05) is 6.07 Å². The number of benzene rings is 1. The van der Waals surface area contributed by atoms with Crippen LogP contribution in [-0.2, 0) is 16.1 Å². The highest BCUT2D eigenvalue weighted by atomic mass is 16.5. The monoisotopic (exact) mass is 317 g/mol. The second-order valence-corrected chi connectivity index (χ2v) is 5.19. The number of aryl methyl sites for hydroxylation is 2. The van der Waals surface area contributed by atoms with Crippen LogP contribution in [0.4, 0.5) is 5.69 Å². The lowest BCUT2D eigenvalue weighted by Crippen LogP contribution is -2.08. The fourth-order valence-corrected chi connectivity index (χ4v) is 2.11. The van der Waals surface area contributed by atoms with Crippen LogP contribution < -0.4 is 10.1 Å². The van der Waals surface area contributed by atoms with Crippen molar-refractivity contribution in [2.45, 2.75) is 27.4 Å². The van der Waals surface area contributed by atoms with Crippen LogP contribution in [0.1, 0.15) is 34.4 Å². The average molecular weight is 317 g/mol. The molecule has 6 heteroatoms. The van der Waals surface area contributed by atoms with Crippen LogP contribution >= 0.6 is 0 Å². The Labute approximate surface area is 134 Å². The molecule has 0 aliphatic heterocycles. The first-order chi connectivity index (χ1) is 10.9. The molecule has 6 nitrogen and oxygen atoms in total. The van der Waals surface area contributed by atoms with Crippen LogP contribution in [0.3, 0.4) is 0 Å². The van der Waals surface area contributed by atoms with E-state index in [1.54, 1.807) is 19.1 Å². The topological polar surface area (TPSA) is 77.8 Å². The Balaban J connectivity index is 2.16. The van der Waals surface area contributed by atoms with Gasteiger partial charge in [-0.3, -0.25) is 4.79 Å². The van der Waals surface area contributed by atoms with Crippen molar-refractivity contribution in [2.24, 2.45) is 0 Å². The summed E-state index contributed by atoms with van der Waals surface area (Å²) >= 11 is 0. The van der Waals surface area contributed by atoms with Crippen molar-refractivity contribution >= 4 is 17.6 Å². The summed E-state index contributed by atoms with van der Waals surface area (Å²) in [5, 5.41) is 2.71. The highest BCUT2D eigenvalue weighted by Gasteiger charge is 2.16. The third kappa shape index (κ3) is 4.12. The second-order valence-electron chi connectivity index (χ2n) is 5.19. The van der Waals surface area contributed by atoms with E-state index in [2.05, 4.69) is 10.1 Å². The number of hydrogen-bond acceptors (Lipinski definition) is 5. The first kappa shape index (κ1) is 16.6. The minimum Gasteiger partial charge on any atom is -0.483 e. The van der Waals surface area contributed by atoms with E-state index >= 15 is 0 Å². The fourth-order valence-electron chi connectivity index (χ4n) is 2.11. The van der Waals surface area contributed by atoms with Gasteiger partial charge in [-0.25, -0.2) is 4.79 Å². The quantitative estimate of drug-likeness (QED) is 0.857. The Morgan fingerprint density at radius 1 is 1.22 bits per heavy atom. The van der Waals surface area contributed by atoms with Crippen molar-refractivity contribution in [1.82, 2.24) is 0 Å². The van der Waals surface area contributed by atoms with Crippen molar-refractivity contribution in [2.75, 3.05) is 12.4 Å². The number of ether oxygens (including phenoxy) is 2. The van der Waals surface area contributed by atoms with E-state index < -0.39 is 5.97 Å². The van der Waals surface area contributed by atoms with E-state index in [-0.39, 0.29) is 18.3 Å². The molecule has 0 bridgehead atoms. The smallest absolute Gasteiger partial charge is 0.374 e. The Kier molecular flexibility index (Phi) is 5.05. The van der Waals surface area contributed by atoms with Crippen molar-refractivity contribution < 1.29 is 23.5 Å². The van der Waals surface area contributed by atoms with E-state index in [0.717, 1.165) is 5.56 Å². The van der Waals surface area contributed by atoms with Crippen molar-refractivity contribution in [1.29, 1.82) is 0 Å². The molecule has 0 spiro atoms. The normalized spacial score (nSPS) is 10.3. The fraction of sp³-hybridized carbons (Fsp3) is 0.294. The third-order valence-corrected chi connectivity index (χ3v) is 3.16. The SMILES string of the molecule is COC(=O)c1oc(COc2cc(C)ccc2NC(C)=O)cc1C. The highest BCUT2D eigenvalue weighted by Crippen LogP contribution is 2.27. The second kappa shape index (κ2) is 7.00. The highest BCUT2D eigenvalue weighted by molar-refractivity contribution is 5.90. The van der Waals surface area contributed by atoms with Crippen molar-refractivity contribution in [3.63, 3.8) is 0 Å². The summed E-state index contributed by atoms with van der Waals surface area (Å²) in [6.07, 6.45) is 0. The van der Waals surface area contributed by atoms with E-state index in [0.29, 0.717) is 22.8 Å². The van der Waals surface area contributed by atoms with Gasteiger partial charge in [0.1, 0.15) is 18.1 Å². The lowest BCUT2D eigenvalue weighted by atomic mass is 10.2. The molecule has 1 amide bonds. The van der Waals surface area contributed by atoms with Gasteiger partial charge in [0, 0.05) is 12.5 Å². The summed E-state index contributed by atoms with van der Waals surface area (Å²) in [6.45, 7) is 5.25. The number of hydrogen-bond donors (Lipinski definition) is 1. The molecule has 0 fully saturated rings. The first-order valence-electron chi connectivity index (χ1n) is 7.09. The van der Waals surface area contributed by atoms with Gasteiger partial charge in [0.25, 0.3) is 0 Å². The summed E-state index contributed by atoms with van der Waals surface area (Å²) < 4.78 is 15.8. The Bertz CT molecular complexity index is 733. The molecule has 0 atom stereocenters. The zero-order chi connectivity index (χ0) is 17.0. The largest absolute Gasteiger partial charge is 0.483 e. The molecule has 23 heavy (non-hydrogen) atoms. The number of carbonyl (C=O) groups excluding carboxylic acids is 2. The molecule has 0 unspecified atom stereocenters. The zero-order valence-electron chi connectivity index (χ0n) is 13.6. The van der Waals surface area contributed by atoms with E-state index in [1.807, 2.05) is 19.1 Å². The molecule has 1 N–H and O–H groups in total. The molecular weight excluding hydrogens is 298 g/mol. The van der Waals surface area contributed by atoms with Crippen LogP contribution in [0.5, 0.6) is 5.75 Å². The number of carbonyl (C=O) groups is 2. The Hall–Kier alpha value is -2.76. The summed E-state index contributed by atoms with van der Waals surface area (Å²) in [5.41, 5.74) is 2.27. The lowest BCUT2D eigenvalue weighted by Gasteiger charge is -2.11. The number of furan rings is 1. The average Bonchev–Trinajstić information content (AvgIpc) is 2.87. The molecule has 1 aromatic heterocycles. The predicted octanol–water partition coefficient (Wildman–Crippen LogP) is 3.22. The standard InChI is InChI=1S/C17H19NO5/c1-10-5-6-14(18-12(3)19)15(7-10)22-9-13-8-11(2)16(23-13)17(20)21-4/h5-8H,9H2,1-4H3,(H,18,19). The molecule has 2 rings (SSSR count). The number of anilines is 1. The number of rotatable bonds is 5. The summed E-state index contributed by atoms with van der Waals surface area (Å²) in [4.78, 5) is 22.8. The molecule has 1 heterocycles. The van der Waals surface area contributed by atoms with Crippen LogP contribution in [0, 0.1) is 13.8 Å². The van der Waals surface area contributed by atoms with Crippen LogP contribution in [0.2, 0.25) is 0 Å². The molecule has 0 aliphatic carbocycles. The Morgan fingerprint density at radius 3 is 2.61 bits per heavy atom. The maximum atomic E-state index is 11.5. The molecule has 0 aliphatic rings. The minimum absolute atomic E-state index is 0.133. The van der Waals surface area contributed by atoms with Gasteiger partial charge < -0.3 is 19.2 Å². The minimum atomic E-state index is -0.525. The summed E-state index contributed by atoms with van der Waals surface area (Å²) in [5.74, 6) is 0.494. The molecule has 0 saturated carbocycles. The zero-order valence-corrected chi connectivity index (χ0v) is 13.6. The van der Waals surface area contributed by atoms with Gasteiger partial charge in [-0.05, 0) is 37.6 Å². The van der Waals surface area contributed by atoms with Crippen molar-refractivity contribution in [3.05, 3.63) is 46.9 Å². The van der Waals surface area contributed by atoms with Gasteiger partial charge in [0.05, 0.1) is 12.8 Å². The lowest BCUT2D eigenvalue weighted by molar-refractivity contribution is -0.114. The number of nitrogens with one attached hydrogen (secondary N) is 1. The van der Waals surface area contributed by atoms with E-state index in [9.17, 15) is 9.59 Å². The number of methoxy groups -OCH3 is 1. The van der Waals surface area contributed by atoms with E-state index in [4.69, 9.17) is 9.15 Å². The van der Waals surface area contributed by atoms with Crippen LogP contribution in [-0.4, -0.2) is 19.0 Å². The van der Waals surface area contributed by atoms with Gasteiger partial charge in [-0.15, -0.1) is 0 Å². The first-order valence-corrected chi connectivity index (χ1v) is 7.09. The van der Waals surface area contributed by atoms with Gasteiger partial charge in [0.15, 0.2) is 0 Å². The third-order valence-electron chi connectivity index (χ3n) is 3.16. The van der Waals surface area contributed by atoms with Gasteiger partial charge in [-0.2, -0.15) is 0 Å². The molecule has 0 radical (unpaired) electrons. The molecular formula is C17H19NO5. The van der Waals surface area contributed by atoms with Gasteiger partial charge in [0.2, 0.25) is 11.7 Å². The Morgan fingerprint density at radius 2 is 1.96 bits per heavy atom. The maximum Gasteiger partial charge on any atom is 0.374 e. The van der Waals surface area contributed by atoms with Crippen LogP contribution in [0.25, 0.3) is 0 Å².